The van der Waals surface area contributed by atoms with E-state index in [0.29, 0.717) is 6.20 Å². The third kappa shape index (κ3) is 1.52. The molecule has 0 unspecified atom stereocenters. The second-order valence-electron chi connectivity index (χ2n) is 2.35. The third-order valence-corrected chi connectivity index (χ3v) is 1.57. The summed E-state index contributed by atoms with van der Waals surface area (Å²) in [7, 11) is 0. The fourth-order valence-electron chi connectivity index (χ4n) is 0.959. The summed E-state index contributed by atoms with van der Waals surface area (Å²) in [6.07, 6.45) is -2.12. The van der Waals surface area contributed by atoms with Gasteiger partial charge in [0.15, 0.2) is 6.29 Å². The van der Waals surface area contributed by atoms with E-state index in [1.807, 2.05) is 0 Å². The molecule has 0 atom stereocenters. The maximum absolute atomic E-state index is 12.3. The minimum absolute atomic E-state index is 0.184. The third-order valence-electron chi connectivity index (χ3n) is 1.57. The van der Waals surface area contributed by atoms with Crippen LogP contribution in [0, 0.1) is 11.3 Å². The van der Waals surface area contributed by atoms with Crippen molar-refractivity contribution in [2.75, 3.05) is 0 Å². The smallest absolute Gasteiger partial charge is 0.268 e. The van der Waals surface area contributed by atoms with Crippen molar-refractivity contribution in [1.29, 1.82) is 5.26 Å². The highest BCUT2D eigenvalue weighted by Gasteiger charge is 2.21. The Bertz CT molecular complexity index is 413. The van der Waals surface area contributed by atoms with Crippen LogP contribution >= 0.6 is 0 Å². The molecule has 14 heavy (non-hydrogen) atoms. The van der Waals surface area contributed by atoms with E-state index in [9.17, 15) is 13.6 Å². The number of carbonyl (C=O) groups is 1. The average Bonchev–Trinajstić information content (AvgIpc) is 2.16. The Morgan fingerprint density at radius 3 is 2.71 bits per heavy atom. The fourth-order valence-corrected chi connectivity index (χ4v) is 0.959. The normalized spacial score (nSPS) is 9.86. The number of nitrogens with zero attached hydrogens (tertiary/aromatic N) is 2. The van der Waals surface area contributed by atoms with E-state index in [1.165, 1.54) is 6.07 Å². The van der Waals surface area contributed by atoms with Gasteiger partial charge in [-0.1, -0.05) is 0 Å². The summed E-state index contributed by atoms with van der Waals surface area (Å²) in [5, 5.41) is 17.5. The van der Waals surface area contributed by atoms with Crippen molar-refractivity contribution in [3.63, 3.8) is 0 Å². The molecule has 1 aromatic rings. The molecular weight excluding hydrogens is 194 g/mol. The Morgan fingerprint density at radius 2 is 2.29 bits per heavy atom. The van der Waals surface area contributed by atoms with Gasteiger partial charge in [0.05, 0.1) is 17.3 Å². The van der Waals surface area contributed by atoms with Crippen LogP contribution in [-0.4, -0.2) is 16.4 Å². The molecule has 0 spiro atoms. The van der Waals surface area contributed by atoms with Gasteiger partial charge in [-0.15, -0.1) is 0 Å². The fraction of sp³-hybridized carbons (Fsp3) is 0.125. The molecular formula is C8H4F2N2O2. The van der Waals surface area contributed by atoms with Gasteiger partial charge in [0, 0.05) is 0 Å². The molecule has 0 bridgehead atoms. The standard InChI is InChI=1S/C8H4F2N2O2/c9-8(10)7-4(1-11)5(3-13)12-2-6(7)14/h2-3,8,14H. The van der Waals surface area contributed by atoms with Gasteiger partial charge in [-0.2, -0.15) is 5.26 Å². The van der Waals surface area contributed by atoms with Crippen molar-refractivity contribution in [3.05, 3.63) is 23.0 Å². The zero-order valence-corrected chi connectivity index (χ0v) is 6.74. The van der Waals surface area contributed by atoms with Crippen molar-refractivity contribution < 1.29 is 18.7 Å². The van der Waals surface area contributed by atoms with Crippen LogP contribution in [0.2, 0.25) is 0 Å². The molecule has 72 valence electrons. The Hall–Kier alpha value is -2.03. The summed E-state index contributed by atoms with van der Waals surface area (Å²) >= 11 is 0. The number of halogens is 2. The molecule has 0 aliphatic carbocycles. The highest BCUT2D eigenvalue weighted by Crippen LogP contribution is 2.31. The molecule has 0 saturated carbocycles. The lowest BCUT2D eigenvalue weighted by Crippen LogP contribution is -1.99. The largest absolute Gasteiger partial charge is 0.506 e. The molecule has 1 heterocycles. The summed E-state index contributed by atoms with van der Waals surface area (Å²) < 4.78 is 24.7. The molecule has 0 aliphatic heterocycles. The molecule has 1 aromatic heterocycles. The van der Waals surface area contributed by atoms with Gasteiger partial charge in [0.2, 0.25) is 0 Å². The highest BCUT2D eigenvalue weighted by molar-refractivity contribution is 5.77. The lowest BCUT2D eigenvalue weighted by atomic mass is 10.1. The number of alkyl halides is 2. The number of aldehydes is 1. The van der Waals surface area contributed by atoms with Gasteiger partial charge >= 0.3 is 0 Å². The van der Waals surface area contributed by atoms with Crippen LogP contribution < -0.4 is 0 Å². The van der Waals surface area contributed by atoms with Crippen LogP contribution in [0.15, 0.2) is 6.20 Å². The number of aromatic nitrogens is 1. The zero-order chi connectivity index (χ0) is 10.7. The number of pyridine rings is 1. The second-order valence-corrected chi connectivity index (χ2v) is 2.35. The lowest BCUT2D eigenvalue weighted by Gasteiger charge is -2.05. The van der Waals surface area contributed by atoms with Crippen LogP contribution in [0.3, 0.4) is 0 Å². The zero-order valence-electron chi connectivity index (χ0n) is 6.74. The predicted molar refractivity (Wildman–Crippen MR) is 41.0 cm³/mol. The number of hydrogen-bond donors (Lipinski definition) is 1. The molecule has 0 fully saturated rings. The van der Waals surface area contributed by atoms with E-state index in [4.69, 9.17) is 10.4 Å². The summed E-state index contributed by atoms with van der Waals surface area (Å²) in [6, 6.07) is 1.40. The van der Waals surface area contributed by atoms with Gasteiger partial charge in [0.1, 0.15) is 17.5 Å². The number of carbonyl (C=O) groups excluding carboxylic acids is 1. The van der Waals surface area contributed by atoms with Crippen molar-refractivity contribution >= 4 is 6.29 Å². The molecule has 6 heteroatoms. The maximum atomic E-state index is 12.3. The first-order valence-electron chi connectivity index (χ1n) is 3.47. The van der Waals surface area contributed by atoms with E-state index in [1.54, 1.807) is 0 Å². The van der Waals surface area contributed by atoms with Crippen LogP contribution in [0.25, 0.3) is 0 Å². The first kappa shape index (κ1) is 10.1. The van der Waals surface area contributed by atoms with E-state index in [2.05, 4.69) is 4.98 Å². The molecule has 0 saturated heterocycles. The molecule has 1 N–H and O–H groups in total. The van der Waals surface area contributed by atoms with Crippen molar-refractivity contribution in [3.8, 4) is 11.8 Å². The quantitative estimate of drug-likeness (QED) is 0.729. The molecule has 0 aromatic carbocycles. The lowest BCUT2D eigenvalue weighted by molar-refractivity contribution is 0.111. The molecule has 0 aliphatic rings. The molecule has 0 amide bonds. The van der Waals surface area contributed by atoms with E-state index in [-0.39, 0.29) is 6.29 Å². The van der Waals surface area contributed by atoms with E-state index >= 15 is 0 Å². The van der Waals surface area contributed by atoms with Crippen LogP contribution in [0.5, 0.6) is 5.75 Å². The monoisotopic (exact) mass is 198 g/mol. The van der Waals surface area contributed by atoms with Crippen molar-refractivity contribution in [2.45, 2.75) is 6.43 Å². The first-order valence-corrected chi connectivity index (χ1v) is 3.47. The van der Waals surface area contributed by atoms with Gasteiger partial charge in [-0.25, -0.2) is 13.8 Å². The van der Waals surface area contributed by atoms with Gasteiger partial charge in [-0.3, -0.25) is 4.79 Å². The Balaban J connectivity index is 3.52. The maximum Gasteiger partial charge on any atom is 0.268 e. The molecule has 0 radical (unpaired) electrons. The minimum atomic E-state index is -3.02. The SMILES string of the molecule is N#Cc1c(C=O)ncc(O)c1C(F)F. The van der Waals surface area contributed by atoms with Crippen molar-refractivity contribution in [1.82, 2.24) is 4.98 Å². The topological polar surface area (TPSA) is 74.0 Å². The van der Waals surface area contributed by atoms with Gasteiger partial charge in [-0.05, 0) is 0 Å². The van der Waals surface area contributed by atoms with Crippen LogP contribution in [0.4, 0.5) is 8.78 Å². The molecule has 1 rings (SSSR count). The second kappa shape index (κ2) is 3.79. The Labute approximate surface area is 77.4 Å². The number of rotatable bonds is 2. The number of hydrogen-bond acceptors (Lipinski definition) is 4. The highest BCUT2D eigenvalue weighted by atomic mass is 19.3. The Kier molecular flexibility index (Phi) is 2.72. The van der Waals surface area contributed by atoms with Crippen LogP contribution in [0.1, 0.15) is 28.0 Å². The number of nitriles is 1. The van der Waals surface area contributed by atoms with E-state index in [0.717, 1.165) is 0 Å². The first-order chi connectivity index (χ1) is 6.61. The van der Waals surface area contributed by atoms with Crippen molar-refractivity contribution in [2.24, 2.45) is 0 Å². The summed E-state index contributed by atoms with van der Waals surface area (Å²) in [5.41, 5.74) is -1.85. The summed E-state index contributed by atoms with van der Waals surface area (Å²) in [4.78, 5) is 13.7. The minimum Gasteiger partial charge on any atom is -0.506 e. The Morgan fingerprint density at radius 1 is 1.64 bits per heavy atom. The van der Waals surface area contributed by atoms with Crippen LogP contribution in [-0.2, 0) is 0 Å². The predicted octanol–water partition coefficient (Wildman–Crippen LogP) is 1.41. The summed E-state index contributed by atoms with van der Waals surface area (Å²) in [6.45, 7) is 0. The van der Waals surface area contributed by atoms with Gasteiger partial charge < -0.3 is 5.11 Å². The van der Waals surface area contributed by atoms with Gasteiger partial charge in [0.25, 0.3) is 6.43 Å². The average molecular weight is 198 g/mol. The summed E-state index contributed by atoms with van der Waals surface area (Å²) in [5.74, 6) is -0.790. The van der Waals surface area contributed by atoms with E-state index < -0.39 is 29.0 Å². The molecule has 4 nitrogen and oxygen atoms in total. The number of aromatic hydroxyl groups is 1.